The molecule has 12 nitrogen and oxygen atoms in total. The summed E-state index contributed by atoms with van der Waals surface area (Å²) in [6, 6.07) is 2.51. The van der Waals surface area contributed by atoms with Crippen molar-refractivity contribution >= 4 is 22.4 Å². The van der Waals surface area contributed by atoms with Crippen molar-refractivity contribution in [3.8, 4) is 0 Å². The average Bonchev–Trinajstić information content (AvgIpc) is 3.12. The number of rotatable bonds is 5. The average molecular weight is 342 g/mol. The number of aromatic nitrogens is 2. The summed E-state index contributed by atoms with van der Waals surface area (Å²) in [6.45, 7) is -0.975. The number of nitro groups is 1. The van der Waals surface area contributed by atoms with Crippen LogP contribution in [0.1, 0.15) is 0 Å². The minimum Gasteiger partial charge on any atom is -0.394 e. The van der Waals surface area contributed by atoms with Crippen molar-refractivity contribution in [3.63, 3.8) is 0 Å². The van der Waals surface area contributed by atoms with Gasteiger partial charge in [-0.15, -0.1) is 0 Å². The smallest absolute Gasteiger partial charge is 0.300 e. The number of ether oxygens (including phenoxy) is 1. The zero-order valence-electron chi connectivity index (χ0n) is 12.1. The van der Waals surface area contributed by atoms with E-state index in [2.05, 4.69) is 20.3 Å². The van der Waals surface area contributed by atoms with E-state index in [1.165, 1.54) is 12.1 Å². The van der Waals surface area contributed by atoms with Crippen molar-refractivity contribution in [1.82, 2.24) is 10.3 Å². The van der Waals surface area contributed by atoms with Gasteiger partial charge in [0.05, 0.1) is 23.8 Å². The summed E-state index contributed by atoms with van der Waals surface area (Å²) in [6.07, 6.45) is -4.27. The maximum atomic E-state index is 10.9. The van der Waals surface area contributed by atoms with Gasteiger partial charge in [0.2, 0.25) is 11.3 Å². The Labute approximate surface area is 133 Å². The molecule has 0 radical (unpaired) electrons. The molecular weight excluding hydrogens is 328 g/mol. The van der Waals surface area contributed by atoms with E-state index in [0.717, 1.165) is 0 Å². The number of nitro benzene ring substituents is 1. The van der Waals surface area contributed by atoms with Gasteiger partial charge in [0.25, 0.3) is 0 Å². The molecule has 1 saturated heterocycles. The van der Waals surface area contributed by atoms with Crippen molar-refractivity contribution in [1.29, 1.82) is 0 Å². The standard InChI is InChI=1S/C12H14N4O8/c17-3-7-10(18)11(19)12(20,23-7)4-13-5-1-2-6(16(21)22)9-8(5)14-24-15-9/h1-2,7,10-11,13,17-20H,3-4H2/t7-,10-,11+,12-/m1/s1. The minimum atomic E-state index is -2.17. The molecule has 5 N–H and O–H groups in total. The number of aliphatic hydroxyl groups is 4. The third-order valence-electron chi connectivity index (χ3n) is 3.82. The van der Waals surface area contributed by atoms with Crippen LogP contribution >= 0.6 is 0 Å². The van der Waals surface area contributed by atoms with E-state index in [-0.39, 0.29) is 29.0 Å². The monoisotopic (exact) mass is 342 g/mol. The molecule has 130 valence electrons. The second-order valence-electron chi connectivity index (χ2n) is 5.32. The first-order valence-electron chi connectivity index (χ1n) is 6.88. The minimum absolute atomic E-state index is 0.0551. The fraction of sp³-hybridized carbons (Fsp3) is 0.500. The highest BCUT2D eigenvalue weighted by molar-refractivity contribution is 5.93. The van der Waals surface area contributed by atoms with Crippen molar-refractivity contribution in [2.75, 3.05) is 18.5 Å². The molecule has 1 aliphatic heterocycles. The Morgan fingerprint density at radius 3 is 2.67 bits per heavy atom. The van der Waals surface area contributed by atoms with Gasteiger partial charge in [0.1, 0.15) is 18.3 Å². The zero-order chi connectivity index (χ0) is 17.5. The van der Waals surface area contributed by atoms with Crippen molar-refractivity contribution < 1.29 is 34.7 Å². The fourth-order valence-electron chi connectivity index (χ4n) is 2.53. The summed E-state index contributed by atoms with van der Waals surface area (Å²) in [5.74, 6) is -2.17. The molecule has 0 amide bonds. The lowest BCUT2D eigenvalue weighted by Crippen LogP contribution is -2.48. The molecule has 0 unspecified atom stereocenters. The van der Waals surface area contributed by atoms with E-state index in [1.54, 1.807) is 0 Å². The van der Waals surface area contributed by atoms with E-state index < -0.39 is 35.6 Å². The molecule has 2 aromatic rings. The van der Waals surface area contributed by atoms with Crippen LogP contribution in [0.3, 0.4) is 0 Å². The number of nitrogens with one attached hydrogen (secondary N) is 1. The quantitative estimate of drug-likeness (QED) is 0.309. The van der Waals surface area contributed by atoms with Gasteiger partial charge in [-0.05, 0) is 16.4 Å². The van der Waals surface area contributed by atoms with E-state index in [9.17, 15) is 25.4 Å². The van der Waals surface area contributed by atoms with Crippen LogP contribution in [-0.4, -0.2) is 72.9 Å². The normalized spacial score (nSPS) is 29.9. The summed E-state index contributed by atoms with van der Waals surface area (Å²) in [7, 11) is 0. The van der Waals surface area contributed by atoms with Crippen LogP contribution in [0, 0.1) is 10.1 Å². The summed E-state index contributed by atoms with van der Waals surface area (Å²) in [5.41, 5.74) is -0.0934. The van der Waals surface area contributed by atoms with Crippen LogP contribution in [-0.2, 0) is 4.74 Å². The second kappa shape index (κ2) is 5.92. The first-order chi connectivity index (χ1) is 11.4. The first kappa shape index (κ1) is 16.5. The summed E-state index contributed by atoms with van der Waals surface area (Å²) in [4.78, 5) is 10.3. The Bertz CT molecular complexity index is 767. The molecule has 1 aliphatic rings. The number of aliphatic hydroxyl groups excluding tert-OH is 3. The van der Waals surface area contributed by atoms with Crippen molar-refractivity contribution in [2.45, 2.75) is 24.1 Å². The highest BCUT2D eigenvalue weighted by Gasteiger charge is 2.53. The van der Waals surface area contributed by atoms with Crippen LogP contribution < -0.4 is 5.32 Å². The van der Waals surface area contributed by atoms with Gasteiger partial charge < -0.3 is 30.5 Å². The Balaban J connectivity index is 1.83. The van der Waals surface area contributed by atoms with Gasteiger partial charge >= 0.3 is 5.69 Å². The summed E-state index contributed by atoms with van der Waals surface area (Å²) in [5, 5.41) is 59.6. The topological polar surface area (TPSA) is 184 Å². The number of non-ortho nitro benzene ring substituents is 1. The van der Waals surface area contributed by atoms with Crippen LogP contribution in [0.15, 0.2) is 16.8 Å². The van der Waals surface area contributed by atoms with Gasteiger partial charge in [-0.1, -0.05) is 0 Å². The highest BCUT2D eigenvalue weighted by atomic mass is 16.7. The third kappa shape index (κ3) is 2.55. The van der Waals surface area contributed by atoms with E-state index >= 15 is 0 Å². The van der Waals surface area contributed by atoms with Gasteiger partial charge in [0.15, 0.2) is 5.52 Å². The lowest BCUT2D eigenvalue weighted by molar-refractivity contribution is -0.383. The van der Waals surface area contributed by atoms with Crippen LogP contribution in [0.5, 0.6) is 0 Å². The maximum Gasteiger partial charge on any atom is 0.300 e. The number of hydrogen-bond donors (Lipinski definition) is 5. The molecule has 0 spiro atoms. The highest BCUT2D eigenvalue weighted by Crippen LogP contribution is 2.32. The Morgan fingerprint density at radius 1 is 1.33 bits per heavy atom. The molecular formula is C12H14N4O8. The molecule has 2 heterocycles. The number of benzene rings is 1. The summed E-state index contributed by atoms with van der Waals surface area (Å²) < 4.78 is 9.58. The van der Waals surface area contributed by atoms with Crippen LogP contribution in [0.2, 0.25) is 0 Å². The number of anilines is 1. The molecule has 1 aromatic carbocycles. The van der Waals surface area contributed by atoms with Crippen molar-refractivity contribution in [2.24, 2.45) is 0 Å². The van der Waals surface area contributed by atoms with Crippen LogP contribution in [0.4, 0.5) is 11.4 Å². The largest absolute Gasteiger partial charge is 0.394 e. The van der Waals surface area contributed by atoms with Gasteiger partial charge in [-0.3, -0.25) is 10.1 Å². The third-order valence-corrected chi connectivity index (χ3v) is 3.82. The molecule has 0 aliphatic carbocycles. The molecule has 3 rings (SSSR count). The van der Waals surface area contributed by atoms with Gasteiger partial charge in [-0.25, -0.2) is 4.63 Å². The van der Waals surface area contributed by atoms with Gasteiger partial charge in [-0.2, -0.15) is 0 Å². The molecule has 1 fully saturated rings. The zero-order valence-corrected chi connectivity index (χ0v) is 12.1. The second-order valence-corrected chi connectivity index (χ2v) is 5.32. The molecule has 12 heteroatoms. The molecule has 1 aromatic heterocycles. The van der Waals surface area contributed by atoms with Crippen LogP contribution in [0.25, 0.3) is 11.0 Å². The Kier molecular flexibility index (Phi) is 4.06. The fourth-order valence-corrected chi connectivity index (χ4v) is 2.53. The predicted octanol–water partition coefficient (Wildman–Crippen LogP) is -1.66. The Morgan fingerprint density at radius 2 is 2.04 bits per heavy atom. The first-order valence-corrected chi connectivity index (χ1v) is 6.88. The van der Waals surface area contributed by atoms with E-state index in [0.29, 0.717) is 0 Å². The molecule has 4 atom stereocenters. The molecule has 0 saturated carbocycles. The lowest BCUT2D eigenvalue weighted by atomic mass is 10.1. The SMILES string of the molecule is O=[N+]([O-])c1ccc(NC[C@@]2(O)O[C@H](CO)[C@@H](O)[C@@H]2O)c2nonc12. The van der Waals surface area contributed by atoms with Crippen molar-refractivity contribution in [3.05, 3.63) is 22.2 Å². The van der Waals surface area contributed by atoms with Gasteiger partial charge in [0, 0.05) is 6.07 Å². The molecule has 0 bridgehead atoms. The number of fused-ring (bicyclic) bond motifs is 1. The Hall–Kier alpha value is -2.38. The lowest BCUT2D eigenvalue weighted by Gasteiger charge is -2.26. The number of nitrogens with zero attached hydrogens (tertiary/aromatic N) is 3. The molecule has 24 heavy (non-hydrogen) atoms. The number of hydrogen-bond acceptors (Lipinski definition) is 11. The predicted molar refractivity (Wildman–Crippen MR) is 75.9 cm³/mol. The maximum absolute atomic E-state index is 10.9. The van der Waals surface area contributed by atoms with E-state index in [1.807, 2.05) is 0 Å². The summed E-state index contributed by atoms with van der Waals surface area (Å²) >= 11 is 0. The van der Waals surface area contributed by atoms with E-state index in [4.69, 9.17) is 9.84 Å².